The summed E-state index contributed by atoms with van der Waals surface area (Å²) >= 11 is 0. The van der Waals surface area contributed by atoms with Crippen molar-refractivity contribution >= 4 is 9.84 Å². The predicted molar refractivity (Wildman–Crippen MR) is 66.8 cm³/mol. The van der Waals surface area contributed by atoms with Crippen LogP contribution in [0.5, 0.6) is 5.75 Å². The normalized spacial score (nSPS) is 23.5. The molecule has 2 unspecified atom stereocenters. The van der Waals surface area contributed by atoms with Crippen LogP contribution in [0, 0.1) is 5.92 Å². The molecule has 0 radical (unpaired) electrons. The van der Waals surface area contributed by atoms with Gasteiger partial charge in [-0.05, 0) is 30.0 Å². The predicted octanol–water partition coefficient (Wildman–Crippen LogP) is 2.02. The second-order valence-electron chi connectivity index (χ2n) is 4.81. The molecule has 1 aromatic rings. The van der Waals surface area contributed by atoms with Crippen LogP contribution in [0.2, 0.25) is 0 Å². The minimum atomic E-state index is -4.76. The van der Waals surface area contributed by atoms with Crippen LogP contribution in [0.4, 0.5) is 13.2 Å². The van der Waals surface area contributed by atoms with Crippen molar-refractivity contribution in [2.45, 2.75) is 18.8 Å². The molecule has 8 heteroatoms. The summed E-state index contributed by atoms with van der Waals surface area (Å²) in [4.78, 5) is 0. The largest absolute Gasteiger partial charge is 0.573 e. The molecule has 0 spiro atoms. The molecule has 0 saturated carbocycles. The number of benzene rings is 1. The molecule has 2 N–H and O–H groups in total. The molecule has 1 aliphatic heterocycles. The molecule has 4 nitrogen and oxygen atoms in total. The molecule has 20 heavy (non-hydrogen) atoms. The van der Waals surface area contributed by atoms with Crippen LogP contribution in [0.1, 0.15) is 18.0 Å². The van der Waals surface area contributed by atoms with Gasteiger partial charge in [0.2, 0.25) is 0 Å². The average Bonchev–Trinajstić information content (AvgIpc) is 2.67. The second kappa shape index (κ2) is 5.25. The maximum Gasteiger partial charge on any atom is 0.573 e. The van der Waals surface area contributed by atoms with Gasteiger partial charge in [-0.2, -0.15) is 0 Å². The van der Waals surface area contributed by atoms with E-state index in [2.05, 4.69) is 4.74 Å². The fourth-order valence-corrected chi connectivity index (χ4v) is 4.15. The number of halogens is 3. The first kappa shape index (κ1) is 15.1. The molecule has 2 atom stereocenters. The minimum Gasteiger partial charge on any atom is -0.406 e. The molecule has 1 aromatic carbocycles. The third-order valence-electron chi connectivity index (χ3n) is 3.25. The molecule has 1 saturated heterocycles. The molecular weight excluding hydrogens is 295 g/mol. The van der Waals surface area contributed by atoms with Crippen molar-refractivity contribution in [3.05, 3.63) is 29.8 Å². The first-order valence-electron chi connectivity index (χ1n) is 5.98. The highest BCUT2D eigenvalue weighted by Crippen LogP contribution is 2.32. The van der Waals surface area contributed by atoms with Crippen LogP contribution in [-0.2, 0) is 9.84 Å². The number of hydrogen-bond donors (Lipinski definition) is 1. The number of ether oxygens (including phenoxy) is 1. The third kappa shape index (κ3) is 3.86. The van der Waals surface area contributed by atoms with Gasteiger partial charge < -0.3 is 10.5 Å². The van der Waals surface area contributed by atoms with Gasteiger partial charge in [0.15, 0.2) is 9.84 Å². The summed E-state index contributed by atoms with van der Waals surface area (Å²) in [6, 6.07) is 4.72. The van der Waals surface area contributed by atoms with Gasteiger partial charge in [0.05, 0.1) is 11.5 Å². The fraction of sp³-hybridized carbons (Fsp3) is 0.500. The van der Waals surface area contributed by atoms with Crippen molar-refractivity contribution in [3.8, 4) is 5.75 Å². The van der Waals surface area contributed by atoms with Gasteiger partial charge in [-0.25, -0.2) is 8.42 Å². The number of rotatable bonds is 3. The lowest BCUT2D eigenvalue weighted by Gasteiger charge is -2.19. The van der Waals surface area contributed by atoms with E-state index in [1.165, 1.54) is 18.2 Å². The van der Waals surface area contributed by atoms with Crippen molar-refractivity contribution in [2.75, 3.05) is 11.5 Å². The van der Waals surface area contributed by atoms with E-state index in [-0.39, 0.29) is 23.2 Å². The van der Waals surface area contributed by atoms with Gasteiger partial charge in [-0.1, -0.05) is 12.1 Å². The van der Waals surface area contributed by atoms with E-state index >= 15 is 0 Å². The van der Waals surface area contributed by atoms with Gasteiger partial charge >= 0.3 is 6.36 Å². The Balaban J connectivity index is 2.15. The van der Waals surface area contributed by atoms with Gasteiger partial charge in [0.1, 0.15) is 5.75 Å². The van der Waals surface area contributed by atoms with E-state index in [1.54, 1.807) is 6.07 Å². The van der Waals surface area contributed by atoms with Crippen molar-refractivity contribution in [3.63, 3.8) is 0 Å². The zero-order valence-corrected chi connectivity index (χ0v) is 11.2. The van der Waals surface area contributed by atoms with E-state index < -0.39 is 22.2 Å². The zero-order chi connectivity index (χ0) is 15.0. The van der Waals surface area contributed by atoms with Gasteiger partial charge in [0, 0.05) is 6.04 Å². The van der Waals surface area contributed by atoms with Gasteiger partial charge in [-0.3, -0.25) is 0 Å². The lowest BCUT2D eigenvalue weighted by molar-refractivity contribution is -0.274. The molecule has 1 aliphatic rings. The van der Waals surface area contributed by atoms with Crippen LogP contribution in [0.3, 0.4) is 0 Å². The minimum absolute atomic E-state index is 0.0292. The topological polar surface area (TPSA) is 69.4 Å². The summed E-state index contributed by atoms with van der Waals surface area (Å²) in [5.41, 5.74) is 6.39. The van der Waals surface area contributed by atoms with Gasteiger partial charge in [-0.15, -0.1) is 13.2 Å². The van der Waals surface area contributed by atoms with E-state index in [0.717, 1.165) is 0 Å². The van der Waals surface area contributed by atoms with Crippen molar-refractivity contribution < 1.29 is 26.3 Å². The molecule has 0 aromatic heterocycles. The number of nitrogens with two attached hydrogens (primary N) is 1. The summed E-state index contributed by atoms with van der Waals surface area (Å²) in [5, 5.41) is 0. The monoisotopic (exact) mass is 309 g/mol. The lowest BCUT2D eigenvalue weighted by atomic mass is 9.93. The Morgan fingerprint density at radius 3 is 2.60 bits per heavy atom. The Hall–Kier alpha value is -1.28. The summed E-state index contributed by atoms with van der Waals surface area (Å²) in [7, 11) is -3.08. The van der Waals surface area contributed by atoms with E-state index in [4.69, 9.17) is 5.73 Å². The van der Waals surface area contributed by atoms with Crippen LogP contribution < -0.4 is 10.5 Å². The summed E-state index contributed by atoms with van der Waals surface area (Å²) in [5.74, 6) is -0.588. The third-order valence-corrected chi connectivity index (χ3v) is 5.05. The number of alkyl halides is 3. The van der Waals surface area contributed by atoms with Crippen molar-refractivity contribution in [2.24, 2.45) is 11.7 Å². The smallest absolute Gasteiger partial charge is 0.406 e. The molecule has 1 fully saturated rings. The van der Waals surface area contributed by atoms with Crippen LogP contribution in [0.15, 0.2) is 24.3 Å². The first-order chi connectivity index (χ1) is 9.16. The highest BCUT2D eigenvalue weighted by molar-refractivity contribution is 7.91. The van der Waals surface area contributed by atoms with Crippen molar-refractivity contribution in [1.82, 2.24) is 0 Å². The summed E-state index contributed by atoms with van der Waals surface area (Å²) in [6.45, 7) is 0. The molecule has 2 rings (SSSR count). The van der Waals surface area contributed by atoms with Crippen LogP contribution in [0.25, 0.3) is 0 Å². The molecule has 112 valence electrons. The Labute approximate surface area is 114 Å². The first-order valence-corrected chi connectivity index (χ1v) is 7.80. The quantitative estimate of drug-likeness (QED) is 0.927. The lowest BCUT2D eigenvalue weighted by Crippen LogP contribution is -2.23. The highest BCUT2D eigenvalue weighted by Gasteiger charge is 2.34. The maximum atomic E-state index is 12.1. The van der Waals surface area contributed by atoms with Gasteiger partial charge in [0.25, 0.3) is 0 Å². The number of sulfone groups is 1. The molecule has 0 bridgehead atoms. The molecular formula is C12H14F3NO3S. The summed E-state index contributed by atoms with van der Waals surface area (Å²) < 4.78 is 63.1. The zero-order valence-electron chi connectivity index (χ0n) is 10.4. The highest BCUT2D eigenvalue weighted by atomic mass is 32.2. The van der Waals surface area contributed by atoms with Crippen LogP contribution >= 0.6 is 0 Å². The number of hydrogen-bond acceptors (Lipinski definition) is 4. The van der Waals surface area contributed by atoms with Crippen LogP contribution in [-0.4, -0.2) is 26.3 Å². The van der Waals surface area contributed by atoms with E-state index in [1.807, 2.05) is 0 Å². The Morgan fingerprint density at radius 2 is 2.05 bits per heavy atom. The Kier molecular flexibility index (Phi) is 3.97. The molecule has 0 aliphatic carbocycles. The molecule has 1 heterocycles. The molecule has 0 amide bonds. The Morgan fingerprint density at radius 1 is 1.35 bits per heavy atom. The van der Waals surface area contributed by atoms with E-state index in [0.29, 0.717) is 12.0 Å². The van der Waals surface area contributed by atoms with E-state index in [9.17, 15) is 21.6 Å². The second-order valence-corrected chi connectivity index (χ2v) is 7.04. The maximum absolute atomic E-state index is 12.1. The SMILES string of the molecule is NC(c1cccc(OC(F)(F)F)c1)C1CCS(=O)(=O)C1. The Bertz CT molecular complexity index is 586. The standard InChI is InChI=1S/C12H14F3NO3S/c13-12(14,15)19-10-3-1-2-8(6-10)11(16)9-4-5-20(17,18)7-9/h1-3,6,9,11H,4-5,7,16H2. The fourth-order valence-electron chi connectivity index (χ4n) is 2.30. The summed E-state index contributed by atoms with van der Waals surface area (Å²) in [6.07, 6.45) is -4.34. The van der Waals surface area contributed by atoms with Crippen molar-refractivity contribution in [1.29, 1.82) is 0 Å². The average molecular weight is 309 g/mol.